The van der Waals surface area contributed by atoms with Crippen LogP contribution >= 0.6 is 0 Å². The quantitative estimate of drug-likeness (QED) is 0.764. The van der Waals surface area contributed by atoms with Crippen LogP contribution in [0.5, 0.6) is 0 Å². The highest BCUT2D eigenvalue weighted by molar-refractivity contribution is 5.94. The van der Waals surface area contributed by atoms with Crippen LogP contribution in [0.15, 0.2) is 23.1 Å². The molecule has 1 saturated carbocycles. The first-order valence-electron chi connectivity index (χ1n) is 5.74. The van der Waals surface area contributed by atoms with Crippen molar-refractivity contribution in [3.05, 3.63) is 34.2 Å². The van der Waals surface area contributed by atoms with Gasteiger partial charge in [-0.1, -0.05) is 0 Å². The molecule has 1 amide bonds. The summed E-state index contributed by atoms with van der Waals surface area (Å²) < 4.78 is 0. The zero-order valence-electron chi connectivity index (χ0n) is 8.98. The van der Waals surface area contributed by atoms with Crippen LogP contribution in [0.25, 0.3) is 0 Å². The van der Waals surface area contributed by atoms with E-state index in [0.29, 0.717) is 17.5 Å². The second-order valence-corrected chi connectivity index (χ2v) is 4.73. The Bertz CT molecular complexity index is 460. The van der Waals surface area contributed by atoms with Crippen molar-refractivity contribution in [3.63, 3.8) is 0 Å². The molecule has 4 heteroatoms. The summed E-state index contributed by atoms with van der Waals surface area (Å²) in [6.07, 6.45) is 5.07. The van der Waals surface area contributed by atoms with Crippen molar-refractivity contribution in [2.45, 2.75) is 25.3 Å². The van der Waals surface area contributed by atoms with E-state index in [1.165, 1.54) is 18.7 Å². The summed E-state index contributed by atoms with van der Waals surface area (Å²) >= 11 is 0. The molecule has 0 radical (unpaired) electrons. The van der Waals surface area contributed by atoms with Gasteiger partial charge in [0.2, 0.25) is 5.56 Å². The molecule has 4 nitrogen and oxygen atoms in total. The van der Waals surface area contributed by atoms with Crippen molar-refractivity contribution in [1.29, 1.82) is 0 Å². The summed E-state index contributed by atoms with van der Waals surface area (Å²) in [7, 11) is 0. The topological polar surface area (TPSA) is 53.2 Å². The zero-order chi connectivity index (χ0) is 11.1. The Hall–Kier alpha value is -1.58. The number of carbonyl (C=O) groups is 1. The van der Waals surface area contributed by atoms with E-state index in [1.807, 2.05) is 4.90 Å². The van der Waals surface area contributed by atoms with E-state index >= 15 is 0 Å². The van der Waals surface area contributed by atoms with Gasteiger partial charge < -0.3 is 9.88 Å². The lowest BCUT2D eigenvalue weighted by Gasteiger charge is -2.26. The second-order valence-electron chi connectivity index (χ2n) is 4.73. The van der Waals surface area contributed by atoms with Crippen LogP contribution in [0, 0.1) is 5.92 Å². The number of aromatic amines is 1. The monoisotopic (exact) mass is 218 g/mol. The molecule has 2 aliphatic rings. The van der Waals surface area contributed by atoms with E-state index in [1.54, 1.807) is 6.07 Å². The maximum Gasteiger partial charge on any atom is 0.255 e. The van der Waals surface area contributed by atoms with Crippen LogP contribution in [-0.2, 0) is 0 Å². The van der Waals surface area contributed by atoms with Crippen molar-refractivity contribution in [2.24, 2.45) is 5.92 Å². The highest BCUT2D eigenvalue weighted by atomic mass is 16.2. The fraction of sp³-hybridized carbons (Fsp3) is 0.500. The molecule has 0 spiro atoms. The molecule has 84 valence electrons. The largest absolute Gasteiger partial charge is 0.335 e. The van der Waals surface area contributed by atoms with Gasteiger partial charge in [0, 0.05) is 24.8 Å². The van der Waals surface area contributed by atoms with Gasteiger partial charge in [-0.05, 0) is 31.2 Å². The van der Waals surface area contributed by atoms with Gasteiger partial charge in [0.1, 0.15) is 0 Å². The molecule has 1 aromatic heterocycles. The number of pyridine rings is 1. The van der Waals surface area contributed by atoms with Crippen molar-refractivity contribution < 1.29 is 4.79 Å². The Labute approximate surface area is 93.3 Å². The summed E-state index contributed by atoms with van der Waals surface area (Å²) in [4.78, 5) is 27.6. The van der Waals surface area contributed by atoms with Crippen molar-refractivity contribution in [3.8, 4) is 0 Å². The van der Waals surface area contributed by atoms with Crippen LogP contribution in [-0.4, -0.2) is 28.4 Å². The molecule has 0 aromatic carbocycles. The van der Waals surface area contributed by atoms with E-state index in [4.69, 9.17) is 0 Å². The number of nitrogens with zero attached hydrogens (tertiary/aromatic N) is 1. The lowest BCUT2D eigenvalue weighted by Crippen LogP contribution is -2.37. The van der Waals surface area contributed by atoms with E-state index in [2.05, 4.69) is 4.98 Å². The molecule has 2 bridgehead atoms. The summed E-state index contributed by atoms with van der Waals surface area (Å²) in [5, 5.41) is 0. The first kappa shape index (κ1) is 9.63. The van der Waals surface area contributed by atoms with Crippen LogP contribution < -0.4 is 5.56 Å². The predicted molar refractivity (Wildman–Crippen MR) is 59.2 cm³/mol. The number of H-pyrrole nitrogens is 1. The van der Waals surface area contributed by atoms with Gasteiger partial charge >= 0.3 is 0 Å². The molecule has 2 heterocycles. The number of nitrogens with one attached hydrogen (secondary N) is 1. The van der Waals surface area contributed by atoms with E-state index < -0.39 is 0 Å². The van der Waals surface area contributed by atoms with E-state index in [9.17, 15) is 9.59 Å². The van der Waals surface area contributed by atoms with Gasteiger partial charge in [0.15, 0.2) is 0 Å². The van der Waals surface area contributed by atoms with Gasteiger partial charge in [-0.25, -0.2) is 0 Å². The van der Waals surface area contributed by atoms with Crippen molar-refractivity contribution in [1.82, 2.24) is 9.88 Å². The maximum atomic E-state index is 12.2. The minimum absolute atomic E-state index is 0.0588. The molecule has 2 fully saturated rings. The van der Waals surface area contributed by atoms with Crippen LogP contribution in [0.1, 0.15) is 29.6 Å². The van der Waals surface area contributed by atoms with Gasteiger partial charge in [-0.15, -0.1) is 0 Å². The Morgan fingerprint density at radius 2 is 2.25 bits per heavy atom. The second kappa shape index (κ2) is 3.47. The number of carbonyl (C=O) groups excluding carboxylic acids is 1. The Kier molecular flexibility index (Phi) is 2.09. The molecule has 16 heavy (non-hydrogen) atoms. The van der Waals surface area contributed by atoms with Crippen LogP contribution in [0.3, 0.4) is 0 Å². The number of likely N-dealkylation sites (tertiary alicyclic amines) is 1. The molecule has 2 unspecified atom stereocenters. The molecule has 1 aliphatic heterocycles. The first-order chi connectivity index (χ1) is 7.74. The predicted octanol–water partition coefficient (Wildman–Crippen LogP) is 0.999. The highest BCUT2D eigenvalue weighted by Gasteiger charge is 2.40. The lowest BCUT2D eigenvalue weighted by atomic mass is 10.1. The fourth-order valence-electron chi connectivity index (χ4n) is 2.88. The van der Waals surface area contributed by atoms with Crippen LogP contribution in [0.2, 0.25) is 0 Å². The van der Waals surface area contributed by atoms with Crippen LogP contribution in [0.4, 0.5) is 0 Å². The Morgan fingerprint density at radius 3 is 2.81 bits per heavy atom. The third-order valence-corrected chi connectivity index (χ3v) is 3.70. The maximum absolute atomic E-state index is 12.2. The van der Waals surface area contributed by atoms with Crippen molar-refractivity contribution >= 4 is 5.91 Å². The normalized spacial score (nSPS) is 27.4. The molecule has 1 saturated heterocycles. The standard InChI is InChI=1S/C12H14N2O2/c15-11-4-2-9(6-13-11)12(16)14-7-8-1-3-10(14)5-8/h2,4,6,8,10H,1,3,5,7H2,(H,13,15). The van der Waals surface area contributed by atoms with E-state index in [-0.39, 0.29) is 11.5 Å². The van der Waals surface area contributed by atoms with Gasteiger partial charge in [0.25, 0.3) is 5.91 Å². The number of hydrogen-bond acceptors (Lipinski definition) is 2. The Balaban J connectivity index is 1.83. The van der Waals surface area contributed by atoms with Crippen molar-refractivity contribution in [2.75, 3.05) is 6.54 Å². The summed E-state index contributed by atoms with van der Waals surface area (Å²) in [5.74, 6) is 0.764. The minimum atomic E-state index is -0.167. The minimum Gasteiger partial charge on any atom is -0.335 e. The number of aromatic nitrogens is 1. The average molecular weight is 218 g/mol. The summed E-state index contributed by atoms with van der Waals surface area (Å²) in [6.45, 7) is 0.891. The smallest absolute Gasteiger partial charge is 0.255 e. The zero-order valence-corrected chi connectivity index (χ0v) is 8.98. The molecule has 2 atom stereocenters. The highest BCUT2D eigenvalue weighted by Crippen LogP contribution is 2.37. The Morgan fingerprint density at radius 1 is 1.38 bits per heavy atom. The molecule has 1 N–H and O–H groups in total. The molecule has 1 aromatic rings. The van der Waals surface area contributed by atoms with E-state index in [0.717, 1.165) is 19.4 Å². The summed E-state index contributed by atoms with van der Waals surface area (Å²) in [6, 6.07) is 3.44. The molecule has 3 rings (SSSR count). The lowest BCUT2D eigenvalue weighted by molar-refractivity contribution is 0.0703. The average Bonchev–Trinajstić information content (AvgIpc) is 2.91. The third-order valence-electron chi connectivity index (χ3n) is 3.70. The first-order valence-corrected chi connectivity index (χ1v) is 5.74. The molecular weight excluding hydrogens is 204 g/mol. The number of rotatable bonds is 1. The number of fused-ring (bicyclic) bond motifs is 2. The third kappa shape index (κ3) is 1.45. The number of hydrogen-bond donors (Lipinski definition) is 1. The van der Waals surface area contributed by atoms with Gasteiger partial charge in [0.05, 0.1) is 5.56 Å². The summed E-state index contributed by atoms with van der Waals surface area (Å²) in [5.41, 5.74) is 0.423. The molecule has 1 aliphatic carbocycles. The molecular formula is C12H14N2O2. The SMILES string of the molecule is O=C(c1ccc(=O)[nH]c1)N1CC2CCC1C2. The number of amides is 1. The fourth-order valence-corrected chi connectivity index (χ4v) is 2.88. The van der Waals surface area contributed by atoms with Gasteiger partial charge in [-0.2, -0.15) is 0 Å². The van der Waals surface area contributed by atoms with Gasteiger partial charge in [-0.3, -0.25) is 9.59 Å². The number of piperidine rings is 1.